The van der Waals surface area contributed by atoms with Crippen molar-refractivity contribution in [1.29, 1.82) is 0 Å². The first-order valence-electron chi connectivity index (χ1n) is 7.30. The van der Waals surface area contributed by atoms with E-state index >= 15 is 0 Å². The van der Waals surface area contributed by atoms with Crippen LogP contribution in [-0.2, 0) is 23.2 Å². The number of amides is 1. The Kier molecular flexibility index (Phi) is 3.68. The predicted octanol–water partition coefficient (Wildman–Crippen LogP) is 2.22. The number of aromatic nitrogens is 2. The zero-order valence-electron chi connectivity index (χ0n) is 13.7. The summed E-state index contributed by atoms with van der Waals surface area (Å²) in [5.74, 6) is 0. The molecule has 21 heavy (non-hydrogen) atoms. The Balaban J connectivity index is 2.22. The van der Waals surface area contributed by atoms with Gasteiger partial charge in [-0.1, -0.05) is 0 Å². The second kappa shape index (κ2) is 4.93. The van der Waals surface area contributed by atoms with Gasteiger partial charge < -0.3 is 9.64 Å². The topological polar surface area (TPSA) is 67.3 Å². The average Bonchev–Trinajstić information content (AvgIpc) is 2.64. The molecular formula is C15H25N3O3. The minimum absolute atomic E-state index is 0.0151. The lowest BCUT2D eigenvalue weighted by Crippen LogP contribution is -2.40. The van der Waals surface area contributed by atoms with Crippen molar-refractivity contribution in [3.8, 4) is 0 Å². The molecule has 2 heterocycles. The molecule has 6 heteroatoms. The van der Waals surface area contributed by atoms with E-state index < -0.39 is 5.60 Å². The SMILES string of the molecule is CC(C)(C)OC(=O)N1CCc2c([nH]n(C(C)(C)C)c2=O)C1. The van der Waals surface area contributed by atoms with E-state index in [4.69, 9.17) is 4.74 Å². The number of rotatable bonds is 0. The maximum Gasteiger partial charge on any atom is 0.410 e. The summed E-state index contributed by atoms with van der Waals surface area (Å²) in [6.45, 7) is 12.4. The number of hydrogen-bond donors (Lipinski definition) is 1. The molecule has 1 amide bonds. The summed E-state index contributed by atoms with van der Waals surface area (Å²) in [6, 6.07) is 0. The van der Waals surface area contributed by atoms with Crippen LogP contribution in [0.5, 0.6) is 0 Å². The predicted molar refractivity (Wildman–Crippen MR) is 80.4 cm³/mol. The van der Waals surface area contributed by atoms with Gasteiger partial charge in [-0.3, -0.25) is 9.89 Å². The van der Waals surface area contributed by atoms with Crippen molar-refractivity contribution in [3.63, 3.8) is 0 Å². The molecule has 6 nitrogen and oxygen atoms in total. The fraction of sp³-hybridized carbons (Fsp3) is 0.733. The van der Waals surface area contributed by atoms with Crippen LogP contribution in [0.3, 0.4) is 0 Å². The Bertz CT molecular complexity index is 599. The number of carbonyl (C=O) groups is 1. The summed E-state index contributed by atoms with van der Waals surface area (Å²) >= 11 is 0. The van der Waals surface area contributed by atoms with Crippen LogP contribution in [0.2, 0.25) is 0 Å². The first-order chi connectivity index (χ1) is 9.49. The van der Waals surface area contributed by atoms with E-state index in [0.717, 1.165) is 11.3 Å². The van der Waals surface area contributed by atoms with Gasteiger partial charge in [-0.15, -0.1) is 0 Å². The van der Waals surface area contributed by atoms with Crippen LogP contribution in [0.25, 0.3) is 0 Å². The van der Waals surface area contributed by atoms with Crippen molar-refractivity contribution in [2.45, 2.75) is 65.6 Å². The maximum absolute atomic E-state index is 12.4. The maximum atomic E-state index is 12.4. The van der Waals surface area contributed by atoms with Gasteiger partial charge in [0.1, 0.15) is 5.60 Å². The molecule has 1 aromatic heterocycles. The fourth-order valence-electron chi connectivity index (χ4n) is 2.38. The molecule has 1 aliphatic heterocycles. The van der Waals surface area contributed by atoms with Crippen LogP contribution in [0.15, 0.2) is 4.79 Å². The minimum atomic E-state index is -0.512. The Morgan fingerprint density at radius 3 is 2.33 bits per heavy atom. The van der Waals surface area contributed by atoms with Crippen molar-refractivity contribution in [3.05, 3.63) is 21.6 Å². The summed E-state index contributed by atoms with van der Waals surface area (Å²) in [5, 5.41) is 3.14. The van der Waals surface area contributed by atoms with E-state index in [1.54, 1.807) is 9.58 Å². The smallest absolute Gasteiger partial charge is 0.410 e. The van der Waals surface area contributed by atoms with Gasteiger partial charge in [-0.2, -0.15) is 0 Å². The van der Waals surface area contributed by atoms with Gasteiger partial charge in [0.2, 0.25) is 0 Å². The third kappa shape index (κ3) is 3.31. The lowest BCUT2D eigenvalue weighted by molar-refractivity contribution is 0.0221. The highest BCUT2D eigenvalue weighted by Crippen LogP contribution is 2.20. The molecule has 1 aromatic rings. The number of nitrogens with zero attached hydrogens (tertiary/aromatic N) is 2. The second-order valence-electron chi connectivity index (χ2n) is 7.53. The molecule has 0 aliphatic carbocycles. The van der Waals surface area contributed by atoms with E-state index in [2.05, 4.69) is 5.10 Å². The molecule has 0 saturated carbocycles. The first kappa shape index (κ1) is 15.7. The third-order valence-corrected chi connectivity index (χ3v) is 3.38. The number of H-pyrrole nitrogens is 1. The van der Waals surface area contributed by atoms with E-state index in [0.29, 0.717) is 19.5 Å². The van der Waals surface area contributed by atoms with Gasteiger partial charge in [0.15, 0.2) is 0 Å². The molecule has 1 N–H and O–H groups in total. The molecule has 0 radical (unpaired) electrons. The van der Waals surface area contributed by atoms with Gasteiger partial charge in [0.05, 0.1) is 17.8 Å². The van der Waals surface area contributed by atoms with E-state index in [1.807, 2.05) is 41.5 Å². The molecule has 0 bridgehead atoms. The number of hydrogen-bond acceptors (Lipinski definition) is 3. The standard InChI is InChI=1S/C15H25N3O3/c1-14(2,3)18-12(19)10-7-8-17(9-11(10)16-18)13(20)21-15(4,5)6/h16H,7-9H2,1-6H3. The highest BCUT2D eigenvalue weighted by Gasteiger charge is 2.30. The Morgan fingerprint density at radius 1 is 1.19 bits per heavy atom. The van der Waals surface area contributed by atoms with Crippen molar-refractivity contribution >= 4 is 6.09 Å². The Hall–Kier alpha value is -1.72. The largest absolute Gasteiger partial charge is 0.444 e. The molecule has 0 unspecified atom stereocenters. The number of nitrogens with one attached hydrogen (secondary N) is 1. The van der Waals surface area contributed by atoms with Crippen molar-refractivity contribution in [1.82, 2.24) is 14.7 Å². The highest BCUT2D eigenvalue weighted by atomic mass is 16.6. The van der Waals surface area contributed by atoms with Gasteiger partial charge in [0, 0.05) is 12.1 Å². The average molecular weight is 295 g/mol. The molecule has 2 rings (SSSR count). The molecule has 0 fully saturated rings. The zero-order chi connectivity index (χ0) is 16.0. The lowest BCUT2D eigenvalue weighted by Gasteiger charge is -2.29. The molecular weight excluding hydrogens is 270 g/mol. The summed E-state index contributed by atoms with van der Waals surface area (Å²) in [4.78, 5) is 26.1. The quantitative estimate of drug-likeness (QED) is 0.798. The van der Waals surface area contributed by atoms with Crippen molar-refractivity contribution in [2.24, 2.45) is 0 Å². The van der Waals surface area contributed by atoms with Gasteiger partial charge >= 0.3 is 6.09 Å². The van der Waals surface area contributed by atoms with Crippen LogP contribution in [0, 0.1) is 0 Å². The third-order valence-electron chi connectivity index (χ3n) is 3.38. The summed E-state index contributed by atoms with van der Waals surface area (Å²) < 4.78 is 7.02. The lowest BCUT2D eigenvalue weighted by atomic mass is 10.1. The number of aromatic amines is 1. The van der Waals surface area contributed by atoms with Crippen molar-refractivity contribution < 1.29 is 9.53 Å². The van der Waals surface area contributed by atoms with Crippen molar-refractivity contribution in [2.75, 3.05) is 6.54 Å². The molecule has 0 spiro atoms. The summed E-state index contributed by atoms with van der Waals surface area (Å²) in [6.07, 6.45) is 0.227. The molecule has 118 valence electrons. The molecule has 0 saturated heterocycles. The van der Waals surface area contributed by atoms with E-state index in [1.165, 1.54) is 0 Å². The molecule has 0 aromatic carbocycles. The highest BCUT2D eigenvalue weighted by molar-refractivity contribution is 5.68. The van der Waals surface area contributed by atoms with Gasteiger partial charge in [0.25, 0.3) is 5.56 Å². The first-order valence-corrected chi connectivity index (χ1v) is 7.30. The van der Waals surface area contributed by atoms with Crippen LogP contribution in [0.4, 0.5) is 4.79 Å². The Morgan fingerprint density at radius 2 is 1.81 bits per heavy atom. The monoisotopic (exact) mass is 295 g/mol. The molecule has 0 atom stereocenters. The van der Waals surface area contributed by atoms with E-state index in [9.17, 15) is 9.59 Å². The van der Waals surface area contributed by atoms with E-state index in [-0.39, 0.29) is 17.2 Å². The number of fused-ring (bicyclic) bond motifs is 1. The number of carbonyl (C=O) groups excluding carboxylic acids is 1. The minimum Gasteiger partial charge on any atom is -0.444 e. The normalized spacial score (nSPS) is 15.8. The van der Waals surface area contributed by atoms with Crippen LogP contribution >= 0.6 is 0 Å². The summed E-state index contributed by atoms with van der Waals surface area (Å²) in [7, 11) is 0. The van der Waals surface area contributed by atoms with Crippen LogP contribution in [0.1, 0.15) is 52.8 Å². The van der Waals surface area contributed by atoms with Crippen LogP contribution in [-0.4, -0.2) is 32.9 Å². The molecule has 1 aliphatic rings. The number of ether oxygens (including phenoxy) is 1. The van der Waals surface area contributed by atoms with Gasteiger partial charge in [-0.05, 0) is 48.0 Å². The summed E-state index contributed by atoms with van der Waals surface area (Å²) in [5.41, 5.74) is 0.797. The fourth-order valence-corrected chi connectivity index (χ4v) is 2.38. The van der Waals surface area contributed by atoms with Crippen LogP contribution < -0.4 is 5.56 Å². The Labute approximate surface area is 125 Å². The van der Waals surface area contributed by atoms with Gasteiger partial charge in [-0.25, -0.2) is 9.48 Å². The zero-order valence-corrected chi connectivity index (χ0v) is 13.7. The second-order valence-corrected chi connectivity index (χ2v) is 7.53.